The number of aromatic carboxylic acids is 1. The van der Waals surface area contributed by atoms with Crippen molar-refractivity contribution in [3.8, 4) is 0 Å². The highest BCUT2D eigenvalue weighted by Crippen LogP contribution is 2.28. The van der Waals surface area contributed by atoms with E-state index in [1.165, 1.54) is 0 Å². The van der Waals surface area contributed by atoms with Crippen LogP contribution >= 0.6 is 11.3 Å². The Kier molecular flexibility index (Phi) is 5.18. The lowest BCUT2D eigenvalue weighted by atomic mass is 9.90. The number of likely N-dealkylation sites (tertiary alicyclic amines) is 1. The Morgan fingerprint density at radius 2 is 2.00 bits per heavy atom. The smallest absolute Gasteiger partial charge is 0.335 e. The van der Waals surface area contributed by atoms with Crippen LogP contribution in [-0.2, 0) is 11.2 Å². The van der Waals surface area contributed by atoms with Crippen LogP contribution in [0, 0.1) is 13.8 Å². The predicted molar refractivity (Wildman–Crippen MR) is 97.2 cm³/mol. The summed E-state index contributed by atoms with van der Waals surface area (Å²) in [5, 5.41) is 10.0. The van der Waals surface area contributed by atoms with Crippen molar-refractivity contribution in [3.63, 3.8) is 0 Å². The molecule has 1 saturated heterocycles. The summed E-state index contributed by atoms with van der Waals surface area (Å²) in [5.41, 5.74) is 2.35. The summed E-state index contributed by atoms with van der Waals surface area (Å²) >= 11 is 1.59. The van der Waals surface area contributed by atoms with Gasteiger partial charge in [-0.15, -0.1) is 11.3 Å². The first-order chi connectivity index (χ1) is 11.9. The molecule has 0 radical (unpaired) electrons. The van der Waals surface area contributed by atoms with Crippen molar-refractivity contribution < 1.29 is 14.7 Å². The molecular weight excluding hydrogens is 336 g/mol. The maximum atomic E-state index is 12.7. The Bertz CT molecular complexity index is 782. The van der Waals surface area contributed by atoms with Crippen LogP contribution in [0.4, 0.5) is 0 Å². The van der Waals surface area contributed by atoms with Crippen LogP contribution in [0.25, 0.3) is 0 Å². The molecule has 25 heavy (non-hydrogen) atoms. The number of rotatable bonds is 4. The van der Waals surface area contributed by atoms with Crippen LogP contribution in [0.3, 0.4) is 0 Å². The molecule has 1 amide bonds. The molecule has 6 heteroatoms. The molecule has 0 saturated carbocycles. The third kappa shape index (κ3) is 4.07. The van der Waals surface area contributed by atoms with E-state index in [1.807, 2.05) is 30.9 Å². The molecule has 0 unspecified atom stereocenters. The van der Waals surface area contributed by atoms with E-state index in [9.17, 15) is 9.59 Å². The molecular formula is C19H22N2O3S. The highest BCUT2D eigenvalue weighted by molar-refractivity contribution is 7.11. The van der Waals surface area contributed by atoms with Crippen molar-refractivity contribution in [2.45, 2.75) is 39.0 Å². The number of aryl methyl sites for hydroxylation is 2. The first-order valence-corrected chi connectivity index (χ1v) is 9.29. The normalized spacial score (nSPS) is 17.5. The van der Waals surface area contributed by atoms with E-state index in [-0.39, 0.29) is 11.8 Å². The van der Waals surface area contributed by atoms with Gasteiger partial charge in [-0.1, -0.05) is 12.1 Å². The number of nitrogens with zero attached hydrogens (tertiary/aromatic N) is 2. The summed E-state index contributed by atoms with van der Waals surface area (Å²) in [6.07, 6.45) is 2.41. The summed E-state index contributed by atoms with van der Waals surface area (Å²) in [5.74, 6) is -0.495. The van der Waals surface area contributed by atoms with Crippen molar-refractivity contribution >= 4 is 23.2 Å². The summed E-state index contributed by atoms with van der Waals surface area (Å²) in [6, 6.07) is 7.03. The second-order valence-corrected chi connectivity index (χ2v) is 7.81. The minimum atomic E-state index is -0.915. The lowest BCUT2D eigenvalue weighted by Gasteiger charge is -2.33. The first kappa shape index (κ1) is 17.6. The Morgan fingerprint density at radius 1 is 1.28 bits per heavy atom. The van der Waals surface area contributed by atoms with Gasteiger partial charge in [0.1, 0.15) is 0 Å². The van der Waals surface area contributed by atoms with Gasteiger partial charge in [-0.2, -0.15) is 0 Å². The van der Waals surface area contributed by atoms with Gasteiger partial charge in [-0.25, -0.2) is 9.78 Å². The topological polar surface area (TPSA) is 70.5 Å². The number of aromatic nitrogens is 1. The summed E-state index contributed by atoms with van der Waals surface area (Å²) in [7, 11) is 0. The fourth-order valence-corrected chi connectivity index (χ4v) is 4.29. The standard InChI is InChI=1S/C19H22N2O3S/c1-12-17(25-13(2)20-12)10-18(22)21-9-3-4-16(11-21)14-5-7-15(8-6-14)19(23)24/h5-8,16H,3-4,9-11H2,1-2H3,(H,23,24)/t16-/m1/s1. The van der Waals surface area contributed by atoms with E-state index < -0.39 is 5.97 Å². The molecule has 1 fully saturated rings. The molecule has 0 bridgehead atoms. The van der Waals surface area contributed by atoms with Gasteiger partial charge >= 0.3 is 5.97 Å². The second kappa shape index (κ2) is 7.35. The van der Waals surface area contributed by atoms with Crippen molar-refractivity contribution in [1.82, 2.24) is 9.88 Å². The van der Waals surface area contributed by atoms with E-state index >= 15 is 0 Å². The van der Waals surface area contributed by atoms with Gasteiger partial charge in [0.15, 0.2) is 0 Å². The fourth-order valence-electron chi connectivity index (χ4n) is 3.36. The molecule has 1 aliphatic rings. The van der Waals surface area contributed by atoms with Gasteiger partial charge in [0.25, 0.3) is 0 Å². The molecule has 1 N–H and O–H groups in total. The van der Waals surface area contributed by atoms with Crippen LogP contribution < -0.4 is 0 Å². The Balaban J connectivity index is 1.67. The molecule has 0 aliphatic carbocycles. The van der Waals surface area contributed by atoms with E-state index in [4.69, 9.17) is 5.11 Å². The summed E-state index contributed by atoms with van der Waals surface area (Å²) < 4.78 is 0. The highest BCUT2D eigenvalue weighted by atomic mass is 32.1. The monoisotopic (exact) mass is 358 g/mol. The minimum absolute atomic E-state index is 0.151. The van der Waals surface area contributed by atoms with Gasteiger partial charge in [-0.05, 0) is 44.4 Å². The van der Waals surface area contributed by atoms with Gasteiger partial charge in [0, 0.05) is 23.9 Å². The zero-order chi connectivity index (χ0) is 18.0. The van der Waals surface area contributed by atoms with Crippen LogP contribution in [-0.4, -0.2) is 40.0 Å². The van der Waals surface area contributed by atoms with E-state index in [0.29, 0.717) is 18.5 Å². The molecule has 1 aromatic carbocycles. The number of hydrogen-bond acceptors (Lipinski definition) is 4. The van der Waals surface area contributed by atoms with Crippen LogP contribution in [0.2, 0.25) is 0 Å². The molecule has 2 aromatic rings. The first-order valence-electron chi connectivity index (χ1n) is 8.48. The number of amides is 1. The molecule has 3 rings (SSSR count). The van der Waals surface area contributed by atoms with Crippen LogP contribution in [0.5, 0.6) is 0 Å². The van der Waals surface area contributed by atoms with Gasteiger partial charge in [0.2, 0.25) is 5.91 Å². The maximum Gasteiger partial charge on any atom is 0.335 e. The van der Waals surface area contributed by atoms with Crippen molar-refractivity contribution in [2.75, 3.05) is 13.1 Å². The van der Waals surface area contributed by atoms with E-state index in [2.05, 4.69) is 4.98 Å². The SMILES string of the molecule is Cc1nc(C)c(CC(=O)N2CCC[C@@H](c3ccc(C(=O)O)cc3)C2)s1. The lowest BCUT2D eigenvalue weighted by Crippen LogP contribution is -2.39. The zero-order valence-electron chi connectivity index (χ0n) is 14.5. The number of thiazole rings is 1. The number of carboxylic acids is 1. The number of benzene rings is 1. The zero-order valence-corrected chi connectivity index (χ0v) is 15.3. The Morgan fingerprint density at radius 3 is 2.60 bits per heavy atom. The van der Waals surface area contributed by atoms with Crippen molar-refractivity contribution in [1.29, 1.82) is 0 Å². The van der Waals surface area contributed by atoms with Crippen molar-refractivity contribution in [2.24, 2.45) is 0 Å². The third-order valence-electron chi connectivity index (χ3n) is 4.71. The predicted octanol–water partition coefficient (Wildman–Crippen LogP) is 3.41. The minimum Gasteiger partial charge on any atom is -0.478 e. The molecule has 1 aliphatic heterocycles. The summed E-state index contributed by atoms with van der Waals surface area (Å²) in [6.45, 7) is 5.40. The molecule has 132 valence electrons. The number of carboxylic acid groups (broad SMARTS) is 1. The van der Waals surface area contributed by atoms with Gasteiger partial charge in [0.05, 0.1) is 22.7 Å². The number of hydrogen-bond donors (Lipinski definition) is 1. The largest absolute Gasteiger partial charge is 0.478 e. The second-order valence-electron chi connectivity index (χ2n) is 6.52. The van der Waals surface area contributed by atoms with Crippen LogP contribution in [0.15, 0.2) is 24.3 Å². The van der Waals surface area contributed by atoms with Crippen molar-refractivity contribution in [3.05, 3.63) is 51.0 Å². The maximum absolute atomic E-state index is 12.7. The molecule has 0 spiro atoms. The molecule has 2 heterocycles. The van der Waals surface area contributed by atoms with Crippen LogP contribution in [0.1, 0.15) is 50.3 Å². The number of carbonyl (C=O) groups excluding carboxylic acids is 1. The molecule has 1 atom stereocenters. The number of piperidine rings is 1. The Labute approximate surface area is 151 Å². The molecule has 1 aromatic heterocycles. The quantitative estimate of drug-likeness (QED) is 0.909. The van der Waals surface area contributed by atoms with E-state index in [1.54, 1.807) is 23.5 Å². The average Bonchev–Trinajstić information content (AvgIpc) is 2.92. The van der Waals surface area contributed by atoms with Gasteiger partial charge < -0.3 is 10.0 Å². The lowest BCUT2D eigenvalue weighted by molar-refractivity contribution is -0.131. The number of carbonyl (C=O) groups is 2. The third-order valence-corrected chi connectivity index (χ3v) is 5.79. The molecule has 5 nitrogen and oxygen atoms in total. The van der Waals surface area contributed by atoms with Gasteiger partial charge in [-0.3, -0.25) is 4.79 Å². The van der Waals surface area contributed by atoms with E-state index in [0.717, 1.165) is 40.5 Å². The average molecular weight is 358 g/mol. The summed E-state index contributed by atoms with van der Waals surface area (Å²) in [4.78, 5) is 31.0. The highest BCUT2D eigenvalue weighted by Gasteiger charge is 2.25. The fraction of sp³-hybridized carbons (Fsp3) is 0.421. The Hall–Kier alpha value is -2.21.